The molecule has 4 N–H and O–H groups in total. The Morgan fingerprint density at radius 3 is 3.04 bits per heavy atom. The van der Waals surface area contributed by atoms with Crippen molar-refractivity contribution in [3.8, 4) is 5.75 Å². The lowest BCUT2D eigenvalue weighted by atomic mass is 10.1. The summed E-state index contributed by atoms with van der Waals surface area (Å²) in [6.07, 6.45) is 3.11. The van der Waals surface area contributed by atoms with Gasteiger partial charge in [0.15, 0.2) is 0 Å². The molecule has 0 bridgehead atoms. The number of nitrogens with zero attached hydrogens (tertiary/aromatic N) is 2. The van der Waals surface area contributed by atoms with Crippen LogP contribution in [0.4, 0.5) is 5.82 Å². The highest BCUT2D eigenvalue weighted by Crippen LogP contribution is 2.23. The third kappa shape index (κ3) is 3.49. The molecule has 23 heavy (non-hydrogen) atoms. The van der Waals surface area contributed by atoms with Crippen LogP contribution in [-0.2, 0) is 0 Å². The van der Waals surface area contributed by atoms with Crippen LogP contribution < -0.4 is 15.8 Å². The number of aromatic nitrogens is 3. The van der Waals surface area contributed by atoms with Crippen LogP contribution in [0.1, 0.15) is 10.4 Å². The largest absolute Gasteiger partial charge is 0.492 e. The predicted molar refractivity (Wildman–Crippen MR) is 90.5 cm³/mol. The number of ether oxygens (including phenoxy) is 1. The number of carbonyl (C=O) groups is 1. The van der Waals surface area contributed by atoms with E-state index in [-0.39, 0.29) is 5.91 Å². The van der Waals surface area contributed by atoms with Crippen LogP contribution in [-0.4, -0.2) is 34.0 Å². The van der Waals surface area contributed by atoms with Crippen LogP contribution >= 0.6 is 15.9 Å². The van der Waals surface area contributed by atoms with E-state index in [4.69, 9.17) is 10.5 Å². The van der Waals surface area contributed by atoms with Gasteiger partial charge in [0.05, 0.1) is 17.4 Å². The summed E-state index contributed by atoms with van der Waals surface area (Å²) in [6.45, 7) is 0.816. The number of aromatic amines is 1. The average molecular weight is 376 g/mol. The molecule has 0 unspecified atom stereocenters. The van der Waals surface area contributed by atoms with E-state index in [0.29, 0.717) is 35.8 Å². The van der Waals surface area contributed by atoms with Crippen molar-refractivity contribution in [2.75, 3.05) is 18.5 Å². The number of imidazole rings is 1. The predicted octanol–water partition coefficient (Wildman–Crippen LogP) is 2.31. The number of fused-ring (bicyclic) bond motifs is 1. The zero-order valence-electron chi connectivity index (χ0n) is 12.0. The smallest absolute Gasteiger partial charge is 0.259 e. The Morgan fingerprint density at radius 1 is 1.35 bits per heavy atom. The van der Waals surface area contributed by atoms with Crippen molar-refractivity contribution in [1.82, 2.24) is 15.0 Å². The van der Waals surface area contributed by atoms with Gasteiger partial charge < -0.3 is 20.8 Å². The maximum Gasteiger partial charge on any atom is 0.259 e. The summed E-state index contributed by atoms with van der Waals surface area (Å²) >= 11 is 3.39. The minimum atomic E-state index is -0.299. The van der Waals surface area contributed by atoms with Crippen molar-refractivity contribution in [3.05, 3.63) is 46.8 Å². The molecule has 0 saturated carbocycles. The molecule has 2 heterocycles. The number of carbonyl (C=O) groups excluding carboxylic acids is 1. The maximum absolute atomic E-state index is 12.5. The highest BCUT2D eigenvalue weighted by Gasteiger charge is 2.14. The molecular weight excluding hydrogens is 362 g/mol. The molecule has 0 aliphatic heterocycles. The first-order valence-electron chi connectivity index (χ1n) is 6.90. The second kappa shape index (κ2) is 6.76. The monoisotopic (exact) mass is 375 g/mol. The molecule has 0 spiro atoms. The molecule has 0 saturated heterocycles. The second-order valence-corrected chi connectivity index (χ2v) is 5.64. The molecule has 7 nitrogen and oxygen atoms in total. The van der Waals surface area contributed by atoms with Gasteiger partial charge in [-0.2, -0.15) is 0 Å². The lowest BCUT2D eigenvalue weighted by Crippen LogP contribution is -2.14. The Labute approximate surface area is 140 Å². The number of nitrogens with one attached hydrogen (secondary N) is 2. The molecule has 1 amide bonds. The molecule has 0 radical (unpaired) electrons. The quantitative estimate of drug-likeness (QED) is 0.634. The number of H-pyrrole nitrogens is 1. The first-order valence-corrected chi connectivity index (χ1v) is 7.69. The zero-order chi connectivity index (χ0) is 16.2. The van der Waals surface area contributed by atoms with E-state index < -0.39 is 0 Å². The number of hydrogen-bond acceptors (Lipinski definition) is 5. The van der Waals surface area contributed by atoms with Crippen LogP contribution in [0, 0.1) is 0 Å². The second-order valence-electron chi connectivity index (χ2n) is 4.72. The summed E-state index contributed by atoms with van der Waals surface area (Å²) in [5.74, 6) is 0.694. The minimum Gasteiger partial charge on any atom is -0.492 e. The zero-order valence-corrected chi connectivity index (χ0v) is 13.6. The van der Waals surface area contributed by atoms with Gasteiger partial charge in [-0.15, -0.1) is 0 Å². The van der Waals surface area contributed by atoms with Gasteiger partial charge in [-0.05, 0) is 18.2 Å². The molecule has 118 valence electrons. The number of nitrogens with two attached hydrogens (primary N) is 1. The SMILES string of the molecule is NCCOc1ccnc(NC(=O)c2cc(Br)cc3[nH]cnc23)c1. The lowest BCUT2D eigenvalue weighted by Gasteiger charge is -2.08. The molecule has 3 aromatic rings. The summed E-state index contributed by atoms with van der Waals surface area (Å²) in [7, 11) is 0. The van der Waals surface area contributed by atoms with Gasteiger partial charge in [0.2, 0.25) is 0 Å². The van der Waals surface area contributed by atoms with Gasteiger partial charge in [-0.3, -0.25) is 4.79 Å². The Kier molecular flexibility index (Phi) is 4.54. The van der Waals surface area contributed by atoms with Crippen LogP contribution in [0.15, 0.2) is 41.3 Å². The average Bonchev–Trinajstić information content (AvgIpc) is 3.00. The van der Waals surface area contributed by atoms with Crippen molar-refractivity contribution in [2.45, 2.75) is 0 Å². The van der Waals surface area contributed by atoms with E-state index >= 15 is 0 Å². The van der Waals surface area contributed by atoms with E-state index in [1.54, 1.807) is 30.7 Å². The van der Waals surface area contributed by atoms with Crippen LogP contribution in [0.5, 0.6) is 5.75 Å². The number of halogens is 1. The van der Waals surface area contributed by atoms with Crippen LogP contribution in [0.25, 0.3) is 11.0 Å². The molecule has 0 fully saturated rings. The number of rotatable bonds is 5. The number of benzene rings is 1. The van der Waals surface area contributed by atoms with E-state index in [0.717, 1.165) is 9.99 Å². The van der Waals surface area contributed by atoms with Crippen LogP contribution in [0.2, 0.25) is 0 Å². The Hall–Kier alpha value is -2.45. The maximum atomic E-state index is 12.5. The molecule has 8 heteroatoms. The fourth-order valence-corrected chi connectivity index (χ4v) is 2.58. The summed E-state index contributed by atoms with van der Waals surface area (Å²) in [5, 5.41) is 2.75. The van der Waals surface area contributed by atoms with Crippen molar-refractivity contribution < 1.29 is 9.53 Å². The summed E-state index contributed by atoms with van der Waals surface area (Å²) in [6, 6.07) is 6.93. The highest BCUT2D eigenvalue weighted by atomic mass is 79.9. The van der Waals surface area contributed by atoms with Crippen molar-refractivity contribution in [2.24, 2.45) is 5.73 Å². The minimum absolute atomic E-state index is 0.299. The van der Waals surface area contributed by atoms with Crippen molar-refractivity contribution in [3.63, 3.8) is 0 Å². The number of pyridine rings is 1. The molecular formula is C15H14BrN5O2. The molecule has 1 aromatic carbocycles. The first kappa shape index (κ1) is 15.4. The normalized spacial score (nSPS) is 10.7. The van der Waals surface area contributed by atoms with Gasteiger partial charge in [0.25, 0.3) is 5.91 Å². The van der Waals surface area contributed by atoms with Gasteiger partial charge >= 0.3 is 0 Å². The fraction of sp³-hybridized carbons (Fsp3) is 0.133. The van der Waals surface area contributed by atoms with E-state index in [9.17, 15) is 4.79 Å². The third-order valence-electron chi connectivity index (χ3n) is 3.09. The Balaban J connectivity index is 1.85. The third-order valence-corrected chi connectivity index (χ3v) is 3.55. The van der Waals surface area contributed by atoms with Crippen LogP contribution in [0.3, 0.4) is 0 Å². The van der Waals surface area contributed by atoms with E-state index in [2.05, 4.69) is 36.2 Å². The number of hydrogen-bond donors (Lipinski definition) is 3. The number of amides is 1. The molecule has 0 atom stereocenters. The Bertz CT molecular complexity index is 849. The summed E-state index contributed by atoms with van der Waals surface area (Å²) in [5.41, 5.74) is 7.23. The van der Waals surface area contributed by atoms with Gasteiger partial charge in [0.1, 0.15) is 23.7 Å². The Morgan fingerprint density at radius 2 is 2.22 bits per heavy atom. The highest BCUT2D eigenvalue weighted by molar-refractivity contribution is 9.10. The van der Waals surface area contributed by atoms with Gasteiger partial charge in [-0.1, -0.05) is 15.9 Å². The summed E-state index contributed by atoms with van der Waals surface area (Å²) in [4.78, 5) is 23.8. The standard InChI is InChI=1S/C15H14BrN5O2/c16-9-5-11(14-12(6-9)19-8-20-14)15(22)21-13-7-10(1-3-18-13)23-4-2-17/h1,3,5-8H,2,4,17H2,(H,19,20)(H,18,21,22). The number of anilines is 1. The summed E-state index contributed by atoms with van der Waals surface area (Å²) < 4.78 is 6.20. The lowest BCUT2D eigenvalue weighted by molar-refractivity contribution is 0.102. The van der Waals surface area contributed by atoms with E-state index in [1.165, 1.54) is 0 Å². The molecule has 3 rings (SSSR count). The van der Waals surface area contributed by atoms with Crippen molar-refractivity contribution >= 4 is 38.7 Å². The first-order chi connectivity index (χ1) is 11.2. The fourth-order valence-electron chi connectivity index (χ4n) is 2.12. The van der Waals surface area contributed by atoms with Gasteiger partial charge in [-0.25, -0.2) is 9.97 Å². The molecule has 2 aromatic heterocycles. The van der Waals surface area contributed by atoms with E-state index in [1.807, 2.05) is 6.07 Å². The van der Waals surface area contributed by atoms with Gasteiger partial charge in [0, 0.05) is 23.3 Å². The van der Waals surface area contributed by atoms with Crippen molar-refractivity contribution in [1.29, 1.82) is 0 Å². The molecule has 0 aliphatic rings. The topological polar surface area (TPSA) is 106 Å². The molecule has 0 aliphatic carbocycles.